The quantitative estimate of drug-likeness (QED) is 0.106. The number of carbonyl (C=O) groups excluding carboxylic acids is 2. The van der Waals surface area contributed by atoms with Gasteiger partial charge in [0.05, 0.1) is 18.4 Å². The lowest BCUT2D eigenvalue weighted by Crippen LogP contribution is -2.42. The molecule has 0 amide bonds. The molecule has 41 heavy (non-hydrogen) atoms. The predicted octanol–water partition coefficient (Wildman–Crippen LogP) is 6.56. The number of benzene rings is 3. The van der Waals surface area contributed by atoms with Crippen LogP contribution < -0.4 is 4.74 Å². The lowest BCUT2D eigenvalue weighted by Gasteiger charge is -2.35. The standard InChI is InChI=1S/C33H36N2O6/c1-7-35-30-12-8-23(21(3)34-41-22(4)36)17-28(30)29-18-24(9-13-31(29)35)32(37)27-11-10-25(16-20(27)2)38-19-26-14-15-39-33(5,6)40-26/h8-13,16-18,26H,7,14-15,19H2,1-6H3. The number of aromatic nitrogens is 1. The van der Waals surface area contributed by atoms with Crippen LogP contribution in [-0.4, -0.2) is 47.1 Å². The van der Waals surface area contributed by atoms with E-state index in [1.54, 1.807) is 6.92 Å². The maximum Gasteiger partial charge on any atom is 0.331 e. The molecular formula is C33H36N2O6. The number of aryl methyl sites for hydroxylation is 2. The van der Waals surface area contributed by atoms with Crippen molar-refractivity contribution in [2.24, 2.45) is 5.16 Å². The van der Waals surface area contributed by atoms with Gasteiger partial charge in [-0.15, -0.1) is 0 Å². The third kappa shape index (κ3) is 6.04. The van der Waals surface area contributed by atoms with E-state index in [-0.39, 0.29) is 11.9 Å². The molecule has 0 radical (unpaired) electrons. The fourth-order valence-corrected chi connectivity index (χ4v) is 5.37. The summed E-state index contributed by atoms with van der Waals surface area (Å²) in [5, 5.41) is 5.92. The zero-order valence-corrected chi connectivity index (χ0v) is 24.4. The molecular weight excluding hydrogens is 520 g/mol. The highest BCUT2D eigenvalue weighted by Crippen LogP contribution is 2.32. The number of nitrogens with zero attached hydrogens (tertiary/aromatic N) is 2. The molecule has 1 atom stereocenters. The van der Waals surface area contributed by atoms with Crippen LogP contribution in [0.15, 0.2) is 59.8 Å². The monoisotopic (exact) mass is 556 g/mol. The first-order valence-electron chi connectivity index (χ1n) is 13.9. The minimum Gasteiger partial charge on any atom is -0.491 e. The number of hydrogen-bond acceptors (Lipinski definition) is 7. The number of rotatable bonds is 8. The van der Waals surface area contributed by atoms with Crippen LogP contribution >= 0.6 is 0 Å². The lowest BCUT2D eigenvalue weighted by atomic mass is 9.97. The van der Waals surface area contributed by atoms with Gasteiger partial charge in [-0.1, -0.05) is 11.2 Å². The Hall–Kier alpha value is -4.01. The van der Waals surface area contributed by atoms with E-state index in [1.807, 2.05) is 75.4 Å². The highest BCUT2D eigenvalue weighted by molar-refractivity contribution is 6.16. The predicted molar refractivity (Wildman–Crippen MR) is 159 cm³/mol. The van der Waals surface area contributed by atoms with E-state index in [0.29, 0.717) is 35.8 Å². The number of oxime groups is 1. The average molecular weight is 557 g/mol. The summed E-state index contributed by atoms with van der Waals surface area (Å²) in [6.07, 6.45) is 0.727. The second-order valence-electron chi connectivity index (χ2n) is 10.9. The first-order chi connectivity index (χ1) is 19.6. The minimum atomic E-state index is -0.610. The molecule has 0 N–H and O–H groups in total. The van der Waals surface area contributed by atoms with Gasteiger partial charge in [0.15, 0.2) is 11.6 Å². The molecule has 214 valence electrons. The van der Waals surface area contributed by atoms with Gasteiger partial charge in [0, 0.05) is 52.8 Å². The van der Waals surface area contributed by atoms with Gasteiger partial charge in [-0.05, 0) is 94.3 Å². The molecule has 0 aliphatic carbocycles. The van der Waals surface area contributed by atoms with Crippen molar-refractivity contribution in [3.8, 4) is 5.75 Å². The molecule has 8 heteroatoms. The molecule has 1 aromatic heterocycles. The molecule has 0 spiro atoms. The van der Waals surface area contributed by atoms with Crippen molar-refractivity contribution in [2.75, 3.05) is 13.2 Å². The second-order valence-corrected chi connectivity index (χ2v) is 10.9. The molecule has 4 aromatic rings. The molecule has 3 aromatic carbocycles. The minimum absolute atomic E-state index is 0.0467. The first kappa shape index (κ1) is 28.5. The van der Waals surface area contributed by atoms with Crippen molar-refractivity contribution < 1.29 is 28.6 Å². The van der Waals surface area contributed by atoms with Crippen LogP contribution in [0.2, 0.25) is 0 Å². The molecule has 1 saturated heterocycles. The Morgan fingerprint density at radius 1 is 1.00 bits per heavy atom. The van der Waals surface area contributed by atoms with Gasteiger partial charge in [0.1, 0.15) is 12.4 Å². The van der Waals surface area contributed by atoms with E-state index < -0.39 is 11.8 Å². The Bertz CT molecular complexity index is 1670. The highest BCUT2D eigenvalue weighted by Gasteiger charge is 2.29. The molecule has 1 aliphatic heterocycles. The van der Waals surface area contributed by atoms with Crippen LogP contribution in [0.3, 0.4) is 0 Å². The summed E-state index contributed by atoms with van der Waals surface area (Å²) in [6, 6.07) is 17.5. The fraction of sp³-hybridized carbons (Fsp3) is 0.364. The fourth-order valence-electron chi connectivity index (χ4n) is 5.37. The molecule has 0 saturated carbocycles. The number of ketones is 1. The van der Waals surface area contributed by atoms with Gasteiger partial charge < -0.3 is 23.6 Å². The third-order valence-electron chi connectivity index (χ3n) is 7.39. The summed E-state index contributed by atoms with van der Waals surface area (Å²) in [5.74, 6) is -0.428. The van der Waals surface area contributed by atoms with Gasteiger partial charge in [-0.25, -0.2) is 4.79 Å². The molecule has 1 aliphatic rings. The summed E-state index contributed by atoms with van der Waals surface area (Å²) >= 11 is 0. The normalized spacial score (nSPS) is 17.1. The van der Waals surface area contributed by atoms with Gasteiger partial charge in [0.2, 0.25) is 0 Å². The molecule has 1 fully saturated rings. The summed E-state index contributed by atoms with van der Waals surface area (Å²) in [4.78, 5) is 29.7. The SMILES string of the molecule is CCn1c2ccc(C(=O)c3ccc(OCC4CCOC(C)(C)O4)cc3C)cc2c2cc(C(C)=NOC(C)=O)ccc21. The van der Waals surface area contributed by atoms with E-state index in [4.69, 9.17) is 19.0 Å². The highest BCUT2D eigenvalue weighted by atomic mass is 16.7. The average Bonchev–Trinajstić information content (AvgIpc) is 3.26. The lowest BCUT2D eigenvalue weighted by molar-refractivity contribution is -0.276. The first-order valence-corrected chi connectivity index (χ1v) is 13.9. The second kappa shape index (κ2) is 11.5. The maximum absolute atomic E-state index is 13.7. The number of fused-ring (bicyclic) bond motifs is 3. The largest absolute Gasteiger partial charge is 0.491 e. The number of ether oxygens (including phenoxy) is 3. The molecule has 8 nitrogen and oxygen atoms in total. The number of hydrogen-bond donors (Lipinski definition) is 0. The van der Waals surface area contributed by atoms with E-state index in [9.17, 15) is 9.59 Å². The van der Waals surface area contributed by atoms with Gasteiger partial charge in [-0.3, -0.25) is 4.79 Å². The van der Waals surface area contributed by atoms with E-state index in [0.717, 1.165) is 45.9 Å². The van der Waals surface area contributed by atoms with Crippen LogP contribution in [0, 0.1) is 6.92 Å². The molecule has 5 rings (SSSR count). The summed E-state index contributed by atoms with van der Waals surface area (Å²) < 4.78 is 19.8. The zero-order chi connectivity index (χ0) is 29.3. The third-order valence-corrected chi connectivity index (χ3v) is 7.39. The van der Waals surface area contributed by atoms with Gasteiger partial charge >= 0.3 is 5.97 Å². The van der Waals surface area contributed by atoms with Crippen molar-refractivity contribution in [1.29, 1.82) is 0 Å². The number of carbonyl (C=O) groups is 2. The van der Waals surface area contributed by atoms with Crippen LogP contribution in [0.4, 0.5) is 0 Å². The molecule has 1 unspecified atom stereocenters. The van der Waals surface area contributed by atoms with Crippen LogP contribution in [0.25, 0.3) is 21.8 Å². The van der Waals surface area contributed by atoms with Crippen LogP contribution in [0.5, 0.6) is 5.75 Å². The molecule has 0 bridgehead atoms. The Kier molecular flexibility index (Phi) is 7.98. The Labute approximate surface area is 239 Å². The van der Waals surface area contributed by atoms with Crippen molar-refractivity contribution >= 4 is 39.3 Å². The van der Waals surface area contributed by atoms with Crippen molar-refractivity contribution in [1.82, 2.24) is 4.57 Å². The summed E-state index contributed by atoms with van der Waals surface area (Å²) in [7, 11) is 0. The van der Waals surface area contributed by atoms with E-state index in [2.05, 4.69) is 16.6 Å². The zero-order valence-electron chi connectivity index (χ0n) is 24.4. The van der Waals surface area contributed by atoms with Crippen LogP contribution in [0.1, 0.15) is 68.1 Å². The Morgan fingerprint density at radius 3 is 2.32 bits per heavy atom. The van der Waals surface area contributed by atoms with Gasteiger partial charge in [-0.2, -0.15) is 0 Å². The van der Waals surface area contributed by atoms with Gasteiger partial charge in [0.25, 0.3) is 0 Å². The van der Waals surface area contributed by atoms with Crippen molar-refractivity contribution in [2.45, 2.75) is 66.4 Å². The summed E-state index contributed by atoms with van der Waals surface area (Å²) in [6.45, 7) is 12.8. The van der Waals surface area contributed by atoms with Crippen LogP contribution in [-0.2, 0) is 25.7 Å². The smallest absolute Gasteiger partial charge is 0.331 e. The Morgan fingerprint density at radius 2 is 1.68 bits per heavy atom. The Balaban J connectivity index is 1.42. The summed E-state index contributed by atoms with van der Waals surface area (Å²) in [5.41, 5.74) is 5.62. The maximum atomic E-state index is 13.7. The topological polar surface area (TPSA) is 88.3 Å². The van der Waals surface area contributed by atoms with Crippen molar-refractivity contribution in [3.63, 3.8) is 0 Å². The van der Waals surface area contributed by atoms with E-state index in [1.165, 1.54) is 6.92 Å². The van der Waals surface area contributed by atoms with Crippen molar-refractivity contribution in [3.05, 3.63) is 76.9 Å². The van der Waals surface area contributed by atoms with E-state index >= 15 is 0 Å². The molecule has 2 heterocycles.